The van der Waals surface area contributed by atoms with Gasteiger partial charge in [-0.05, 0) is 5.41 Å². The Hall–Kier alpha value is -0.480. The van der Waals surface area contributed by atoms with E-state index in [4.69, 9.17) is 11.6 Å². The zero-order valence-electron chi connectivity index (χ0n) is 5.24. The van der Waals surface area contributed by atoms with E-state index in [9.17, 15) is 4.79 Å². The minimum atomic E-state index is -1.09. The molecule has 1 heterocycles. The molecule has 5 heteroatoms. The average Bonchev–Trinajstić information content (AvgIpc) is 2.34. The maximum Gasteiger partial charge on any atom is 0.356 e. The molecule has 1 aliphatic rings. The minimum Gasteiger partial charge on any atom is -0.462 e. The molecule has 1 unspecified atom stereocenters. The van der Waals surface area contributed by atoms with Crippen LogP contribution in [0.25, 0.3) is 0 Å². The standard InChI is InChI=1S/C5H6ClNO2S/c1-9-5(8)10-3-2-7-4(10)6/h2-3,10H,1H3. The molecule has 0 spiro atoms. The summed E-state index contributed by atoms with van der Waals surface area (Å²) in [5.74, 6) is 0. The predicted octanol–water partition coefficient (Wildman–Crippen LogP) is 1.83. The van der Waals surface area contributed by atoms with Crippen LogP contribution in [0.4, 0.5) is 4.79 Å². The third kappa shape index (κ3) is 1.33. The van der Waals surface area contributed by atoms with Gasteiger partial charge in [-0.15, -0.1) is 0 Å². The number of carbonyl (C=O) groups is 1. The third-order valence-electron chi connectivity index (χ3n) is 0.967. The number of nitrogens with zero attached hydrogens (tertiary/aromatic N) is 1. The Morgan fingerprint density at radius 2 is 2.60 bits per heavy atom. The van der Waals surface area contributed by atoms with E-state index in [2.05, 4.69) is 9.73 Å². The summed E-state index contributed by atoms with van der Waals surface area (Å²) in [6, 6.07) is 0. The van der Waals surface area contributed by atoms with Gasteiger partial charge in [0, 0.05) is 6.20 Å². The maximum atomic E-state index is 10.8. The van der Waals surface area contributed by atoms with Crippen molar-refractivity contribution in [3.63, 3.8) is 0 Å². The zero-order chi connectivity index (χ0) is 7.56. The van der Waals surface area contributed by atoms with Crippen LogP contribution in [0, 0.1) is 0 Å². The summed E-state index contributed by atoms with van der Waals surface area (Å²) in [5, 5.41) is 1.35. The number of methoxy groups -OCH3 is 1. The second-order valence-electron chi connectivity index (χ2n) is 1.54. The fourth-order valence-electron chi connectivity index (χ4n) is 0.520. The Morgan fingerprint density at radius 3 is 3.00 bits per heavy atom. The van der Waals surface area contributed by atoms with Crippen LogP contribution in [0.5, 0.6) is 0 Å². The lowest BCUT2D eigenvalue weighted by Crippen LogP contribution is -1.99. The fraction of sp³-hybridized carbons (Fsp3) is 0.200. The molecule has 1 aliphatic heterocycles. The molecule has 1 rings (SSSR count). The normalized spacial score (nSPS) is 26.2. The summed E-state index contributed by atoms with van der Waals surface area (Å²) in [6.45, 7) is 0. The van der Waals surface area contributed by atoms with Crippen molar-refractivity contribution < 1.29 is 9.53 Å². The molecule has 0 bridgehead atoms. The van der Waals surface area contributed by atoms with Gasteiger partial charge >= 0.3 is 5.30 Å². The number of ether oxygens (including phenoxy) is 1. The summed E-state index contributed by atoms with van der Waals surface area (Å²) >= 11 is 5.57. The molecule has 0 aromatic rings. The highest BCUT2D eigenvalue weighted by Crippen LogP contribution is 2.36. The Morgan fingerprint density at radius 1 is 1.90 bits per heavy atom. The summed E-state index contributed by atoms with van der Waals surface area (Å²) < 4.78 is 4.81. The first-order valence-corrected chi connectivity index (χ1v) is 4.31. The van der Waals surface area contributed by atoms with Gasteiger partial charge < -0.3 is 4.74 Å². The van der Waals surface area contributed by atoms with Crippen molar-refractivity contribution in [2.45, 2.75) is 0 Å². The molecule has 10 heavy (non-hydrogen) atoms. The van der Waals surface area contributed by atoms with Crippen LogP contribution < -0.4 is 0 Å². The lowest BCUT2D eigenvalue weighted by atomic mass is 11.1. The summed E-state index contributed by atoms with van der Waals surface area (Å²) in [7, 11) is 0.240. The first-order chi connectivity index (χ1) is 4.75. The van der Waals surface area contributed by atoms with Gasteiger partial charge in [0.25, 0.3) is 0 Å². The SMILES string of the molecule is COC(=O)[SH]1C=CN=C1Cl. The molecular weight excluding hydrogens is 174 g/mol. The van der Waals surface area contributed by atoms with E-state index in [-0.39, 0.29) is 5.30 Å². The Bertz CT molecular complexity index is 214. The summed E-state index contributed by atoms with van der Waals surface area (Å²) in [6.07, 6.45) is 1.52. The smallest absolute Gasteiger partial charge is 0.356 e. The number of aliphatic imine (C=N–C) groups is 1. The van der Waals surface area contributed by atoms with E-state index >= 15 is 0 Å². The molecule has 0 aromatic carbocycles. The van der Waals surface area contributed by atoms with Crippen molar-refractivity contribution in [3.05, 3.63) is 11.6 Å². The van der Waals surface area contributed by atoms with Crippen LogP contribution in [0.1, 0.15) is 0 Å². The second-order valence-corrected chi connectivity index (χ2v) is 3.98. The molecule has 0 fully saturated rings. The maximum absolute atomic E-state index is 10.8. The van der Waals surface area contributed by atoms with Crippen LogP contribution in [0.15, 0.2) is 16.6 Å². The van der Waals surface area contributed by atoms with Crippen molar-refractivity contribution >= 4 is 32.3 Å². The zero-order valence-corrected chi connectivity index (χ0v) is 6.89. The molecule has 3 nitrogen and oxygen atoms in total. The Labute approximate surface area is 66.1 Å². The van der Waals surface area contributed by atoms with Crippen molar-refractivity contribution in [3.8, 4) is 0 Å². The van der Waals surface area contributed by atoms with E-state index in [1.165, 1.54) is 13.3 Å². The number of halogens is 1. The Kier molecular flexibility index (Phi) is 2.34. The summed E-state index contributed by atoms with van der Waals surface area (Å²) in [4.78, 5) is 14.5. The van der Waals surface area contributed by atoms with E-state index < -0.39 is 10.9 Å². The number of hydrogen-bond acceptors (Lipinski definition) is 3. The summed E-state index contributed by atoms with van der Waals surface area (Å²) in [5.41, 5.74) is 0. The van der Waals surface area contributed by atoms with Gasteiger partial charge in [-0.2, -0.15) is 0 Å². The van der Waals surface area contributed by atoms with Crippen LogP contribution in [0.3, 0.4) is 0 Å². The van der Waals surface area contributed by atoms with Gasteiger partial charge in [0.05, 0.1) is 7.11 Å². The first kappa shape index (κ1) is 7.63. The fourth-order valence-corrected chi connectivity index (χ4v) is 1.94. The van der Waals surface area contributed by atoms with Gasteiger partial charge in [-0.3, -0.25) is 0 Å². The van der Waals surface area contributed by atoms with Crippen LogP contribution >= 0.6 is 22.5 Å². The molecule has 0 N–H and O–H groups in total. The molecule has 0 saturated carbocycles. The molecule has 56 valence electrons. The van der Waals surface area contributed by atoms with Gasteiger partial charge in [0.1, 0.15) is 0 Å². The van der Waals surface area contributed by atoms with E-state index in [1.54, 1.807) is 5.41 Å². The quantitative estimate of drug-likeness (QED) is 0.455. The van der Waals surface area contributed by atoms with Gasteiger partial charge in [0.15, 0.2) is 4.50 Å². The first-order valence-electron chi connectivity index (χ1n) is 2.53. The number of hydrogen-bond donors (Lipinski definition) is 1. The monoisotopic (exact) mass is 179 g/mol. The van der Waals surface area contributed by atoms with Crippen molar-refractivity contribution in [2.75, 3.05) is 7.11 Å². The lowest BCUT2D eigenvalue weighted by molar-refractivity contribution is 0.200. The Balaban J connectivity index is 2.66. The van der Waals surface area contributed by atoms with Gasteiger partial charge in [-0.25, -0.2) is 9.79 Å². The van der Waals surface area contributed by atoms with Crippen molar-refractivity contribution in [1.29, 1.82) is 0 Å². The van der Waals surface area contributed by atoms with Crippen LogP contribution in [0.2, 0.25) is 0 Å². The molecule has 0 aliphatic carbocycles. The number of thiol groups is 1. The highest BCUT2D eigenvalue weighted by Gasteiger charge is 2.18. The van der Waals surface area contributed by atoms with E-state index in [0.717, 1.165) is 0 Å². The predicted molar refractivity (Wildman–Crippen MR) is 43.8 cm³/mol. The number of rotatable bonds is 0. The van der Waals surface area contributed by atoms with Crippen LogP contribution in [-0.2, 0) is 4.74 Å². The number of carbonyl (C=O) groups excluding carboxylic acids is 1. The third-order valence-corrected chi connectivity index (χ3v) is 3.13. The van der Waals surface area contributed by atoms with Crippen LogP contribution in [-0.4, -0.2) is 16.9 Å². The van der Waals surface area contributed by atoms with Crippen molar-refractivity contribution in [1.82, 2.24) is 0 Å². The molecule has 0 amide bonds. The molecular formula is C5H6ClNO2S. The second kappa shape index (κ2) is 3.07. The molecule has 1 atom stereocenters. The van der Waals surface area contributed by atoms with Gasteiger partial charge in [-0.1, -0.05) is 22.5 Å². The highest BCUT2D eigenvalue weighted by atomic mass is 35.5. The van der Waals surface area contributed by atoms with E-state index in [0.29, 0.717) is 4.50 Å². The molecule has 0 aromatic heterocycles. The average molecular weight is 180 g/mol. The molecule has 0 radical (unpaired) electrons. The highest BCUT2D eigenvalue weighted by molar-refractivity contribution is 8.45. The largest absolute Gasteiger partial charge is 0.462 e. The van der Waals surface area contributed by atoms with E-state index in [1.807, 2.05) is 0 Å². The lowest BCUT2D eigenvalue weighted by Gasteiger charge is -2.06. The van der Waals surface area contributed by atoms with Crippen molar-refractivity contribution in [2.24, 2.45) is 4.99 Å². The molecule has 0 saturated heterocycles. The topological polar surface area (TPSA) is 38.7 Å². The van der Waals surface area contributed by atoms with Gasteiger partial charge in [0.2, 0.25) is 0 Å². The minimum absolute atomic E-state index is 0.308.